The zero-order valence-corrected chi connectivity index (χ0v) is 15.1. The maximum Gasteiger partial charge on any atom is 0.270 e. The molecule has 0 radical (unpaired) electrons. The van der Waals surface area contributed by atoms with Crippen LogP contribution in [0.3, 0.4) is 0 Å². The van der Waals surface area contributed by atoms with E-state index in [9.17, 15) is 9.59 Å². The average Bonchev–Trinajstić information content (AvgIpc) is 3.34. The molecular formula is C18H22N4O2S. The number of piperidine rings is 1. The fourth-order valence-electron chi connectivity index (χ4n) is 4.04. The second-order valence-electron chi connectivity index (χ2n) is 7.03. The molecule has 2 saturated heterocycles. The molecule has 1 N–H and O–H groups in total. The van der Waals surface area contributed by atoms with E-state index in [-0.39, 0.29) is 11.8 Å². The van der Waals surface area contributed by atoms with E-state index in [0.717, 1.165) is 43.1 Å². The standard InChI is InChI=1S/C18H22N4O2S/c1-13-20-14(11-25-13)10-21-9-6-18(17(21)24)5-3-8-22(12-18)16(23)15-4-2-7-19-15/h2,4,7,11,19H,3,5-6,8-10,12H2,1H3. The molecule has 6 nitrogen and oxygen atoms in total. The lowest BCUT2D eigenvalue weighted by molar-refractivity contribution is -0.138. The van der Waals surface area contributed by atoms with Crippen LogP contribution >= 0.6 is 11.3 Å². The van der Waals surface area contributed by atoms with E-state index in [1.54, 1.807) is 23.6 Å². The number of carbonyl (C=O) groups is 2. The third kappa shape index (κ3) is 2.97. The van der Waals surface area contributed by atoms with Gasteiger partial charge in [0, 0.05) is 31.2 Å². The molecule has 2 aliphatic rings. The van der Waals surface area contributed by atoms with Crippen LogP contribution in [0.4, 0.5) is 0 Å². The lowest BCUT2D eigenvalue weighted by Gasteiger charge is -2.38. The highest BCUT2D eigenvalue weighted by Gasteiger charge is 2.49. The van der Waals surface area contributed by atoms with Crippen LogP contribution in [0.1, 0.15) is 40.5 Å². The van der Waals surface area contributed by atoms with E-state index < -0.39 is 5.41 Å². The normalized spacial score (nSPS) is 23.6. The van der Waals surface area contributed by atoms with Crippen LogP contribution in [0.15, 0.2) is 23.7 Å². The van der Waals surface area contributed by atoms with Crippen LogP contribution in [0.25, 0.3) is 0 Å². The number of aryl methyl sites for hydroxylation is 1. The average molecular weight is 358 g/mol. The predicted octanol–water partition coefficient (Wildman–Crippen LogP) is 2.43. The van der Waals surface area contributed by atoms with Gasteiger partial charge in [0.1, 0.15) is 5.69 Å². The first-order valence-electron chi connectivity index (χ1n) is 8.70. The SMILES string of the molecule is Cc1nc(CN2CCC3(CCCN(C(=O)c4ccc[nH]4)C3)C2=O)cs1. The summed E-state index contributed by atoms with van der Waals surface area (Å²) in [6.45, 7) is 4.55. The second-order valence-corrected chi connectivity index (χ2v) is 8.09. The molecule has 1 spiro atoms. The number of rotatable bonds is 3. The molecule has 2 aromatic heterocycles. The molecule has 2 aromatic rings. The highest BCUT2D eigenvalue weighted by molar-refractivity contribution is 7.09. The van der Waals surface area contributed by atoms with Crippen LogP contribution in [0, 0.1) is 12.3 Å². The second kappa shape index (κ2) is 6.29. The Labute approximate surface area is 150 Å². The van der Waals surface area contributed by atoms with Crippen LogP contribution < -0.4 is 0 Å². The summed E-state index contributed by atoms with van der Waals surface area (Å²) in [5.41, 5.74) is 1.14. The molecule has 2 amide bonds. The zero-order valence-electron chi connectivity index (χ0n) is 14.3. The third-order valence-electron chi connectivity index (χ3n) is 5.31. The lowest BCUT2D eigenvalue weighted by Crippen LogP contribution is -2.49. The Balaban J connectivity index is 1.48. The van der Waals surface area contributed by atoms with E-state index >= 15 is 0 Å². The molecule has 1 atom stereocenters. The van der Waals surface area contributed by atoms with E-state index in [2.05, 4.69) is 9.97 Å². The number of carbonyl (C=O) groups excluding carboxylic acids is 2. The smallest absolute Gasteiger partial charge is 0.270 e. The molecule has 0 aliphatic carbocycles. The van der Waals surface area contributed by atoms with Gasteiger partial charge in [0.05, 0.1) is 22.7 Å². The molecule has 2 fully saturated rings. The molecule has 25 heavy (non-hydrogen) atoms. The molecule has 2 aliphatic heterocycles. The van der Waals surface area contributed by atoms with Crippen molar-refractivity contribution in [3.8, 4) is 0 Å². The van der Waals surface area contributed by atoms with Gasteiger partial charge in [0.25, 0.3) is 5.91 Å². The minimum absolute atomic E-state index is 0.00884. The molecule has 0 aromatic carbocycles. The number of nitrogens with zero attached hydrogens (tertiary/aromatic N) is 3. The predicted molar refractivity (Wildman–Crippen MR) is 95.2 cm³/mol. The van der Waals surface area contributed by atoms with Crippen molar-refractivity contribution in [3.63, 3.8) is 0 Å². The number of amides is 2. The van der Waals surface area contributed by atoms with E-state index in [0.29, 0.717) is 18.8 Å². The monoisotopic (exact) mass is 358 g/mol. The zero-order chi connectivity index (χ0) is 17.4. The quantitative estimate of drug-likeness (QED) is 0.916. The Morgan fingerprint density at radius 1 is 1.40 bits per heavy atom. The van der Waals surface area contributed by atoms with Crippen LogP contribution in [-0.4, -0.2) is 51.2 Å². The molecule has 4 heterocycles. The number of H-pyrrole nitrogens is 1. The molecule has 0 saturated carbocycles. The van der Waals surface area contributed by atoms with Gasteiger partial charge in [0.2, 0.25) is 5.91 Å². The largest absolute Gasteiger partial charge is 0.357 e. The van der Waals surface area contributed by atoms with Crippen LogP contribution in [-0.2, 0) is 11.3 Å². The Kier molecular flexibility index (Phi) is 4.11. The highest BCUT2D eigenvalue weighted by atomic mass is 32.1. The van der Waals surface area contributed by atoms with Gasteiger partial charge in [-0.25, -0.2) is 4.98 Å². The van der Waals surface area contributed by atoms with Gasteiger partial charge in [0.15, 0.2) is 0 Å². The fourth-order valence-corrected chi connectivity index (χ4v) is 4.64. The third-order valence-corrected chi connectivity index (χ3v) is 6.14. The first-order valence-corrected chi connectivity index (χ1v) is 9.58. The van der Waals surface area contributed by atoms with Gasteiger partial charge < -0.3 is 14.8 Å². The molecule has 4 rings (SSSR count). The summed E-state index contributed by atoms with van der Waals surface area (Å²) in [5, 5.41) is 3.05. The minimum Gasteiger partial charge on any atom is -0.357 e. The fraction of sp³-hybridized carbons (Fsp3) is 0.500. The summed E-state index contributed by atoms with van der Waals surface area (Å²) in [6, 6.07) is 3.61. The number of hydrogen-bond donors (Lipinski definition) is 1. The summed E-state index contributed by atoms with van der Waals surface area (Å²) in [5.74, 6) is 0.174. The van der Waals surface area contributed by atoms with Gasteiger partial charge in [-0.05, 0) is 38.3 Å². The van der Waals surface area contributed by atoms with E-state index in [1.807, 2.05) is 28.2 Å². The van der Waals surface area contributed by atoms with E-state index in [1.165, 1.54) is 0 Å². The van der Waals surface area contributed by atoms with Crippen molar-refractivity contribution in [1.82, 2.24) is 19.8 Å². The molecule has 7 heteroatoms. The van der Waals surface area contributed by atoms with Crippen molar-refractivity contribution in [2.75, 3.05) is 19.6 Å². The molecular weight excluding hydrogens is 336 g/mol. The first-order chi connectivity index (χ1) is 12.1. The number of hydrogen-bond acceptors (Lipinski definition) is 4. The lowest BCUT2D eigenvalue weighted by atomic mass is 9.78. The van der Waals surface area contributed by atoms with Crippen molar-refractivity contribution < 1.29 is 9.59 Å². The Morgan fingerprint density at radius 2 is 2.28 bits per heavy atom. The summed E-state index contributed by atoms with van der Waals surface area (Å²) >= 11 is 1.61. The van der Waals surface area contributed by atoms with Gasteiger partial charge >= 0.3 is 0 Å². The minimum atomic E-state index is -0.411. The number of likely N-dealkylation sites (tertiary alicyclic amines) is 2. The summed E-state index contributed by atoms with van der Waals surface area (Å²) < 4.78 is 0. The van der Waals surface area contributed by atoms with Crippen molar-refractivity contribution in [2.24, 2.45) is 5.41 Å². The number of thiazole rings is 1. The molecule has 1 unspecified atom stereocenters. The summed E-state index contributed by atoms with van der Waals surface area (Å²) in [7, 11) is 0. The van der Waals surface area contributed by atoms with Crippen molar-refractivity contribution in [3.05, 3.63) is 40.1 Å². The van der Waals surface area contributed by atoms with Gasteiger partial charge in [-0.1, -0.05) is 0 Å². The van der Waals surface area contributed by atoms with Crippen molar-refractivity contribution in [2.45, 2.75) is 32.7 Å². The van der Waals surface area contributed by atoms with Crippen molar-refractivity contribution in [1.29, 1.82) is 0 Å². The Hall–Kier alpha value is -2.15. The first kappa shape index (κ1) is 16.3. The summed E-state index contributed by atoms with van der Waals surface area (Å²) in [4.78, 5) is 36.9. The Morgan fingerprint density at radius 3 is 3.00 bits per heavy atom. The molecule has 132 valence electrons. The molecule has 0 bridgehead atoms. The maximum absolute atomic E-state index is 13.1. The number of aromatic nitrogens is 2. The number of nitrogens with one attached hydrogen (secondary N) is 1. The Bertz CT molecular complexity index is 785. The van der Waals surface area contributed by atoms with Gasteiger partial charge in [-0.15, -0.1) is 11.3 Å². The maximum atomic E-state index is 13.1. The topological polar surface area (TPSA) is 69.3 Å². The van der Waals surface area contributed by atoms with Crippen LogP contribution in [0.5, 0.6) is 0 Å². The van der Waals surface area contributed by atoms with Crippen LogP contribution in [0.2, 0.25) is 0 Å². The van der Waals surface area contributed by atoms with Gasteiger partial charge in [-0.3, -0.25) is 9.59 Å². The van der Waals surface area contributed by atoms with Gasteiger partial charge in [-0.2, -0.15) is 0 Å². The number of aromatic amines is 1. The summed E-state index contributed by atoms with van der Waals surface area (Å²) in [6.07, 6.45) is 4.32. The highest BCUT2D eigenvalue weighted by Crippen LogP contribution is 2.41. The van der Waals surface area contributed by atoms with E-state index in [4.69, 9.17) is 0 Å². The van der Waals surface area contributed by atoms with Crippen molar-refractivity contribution >= 4 is 23.2 Å².